The Balaban J connectivity index is 1.28. The molecule has 8 nitrogen and oxygen atoms in total. The van der Waals surface area contributed by atoms with E-state index in [0.717, 1.165) is 32.6 Å². The molecule has 1 unspecified atom stereocenters. The summed E-state index contributed by atoms with van der Waals surface area (Å²) in [5, 5.41) is 4.21. The Morgan fingerprint density at radius 3 is 2.60 bits per heavy atom. The number of amides is 1. The number of fused-ring (bicyclic) bond motifs is 1. The first-order valence-electron chi connectivity index (χ1n) is 11.8. The smallest absolute Gasteiger partial charge is 0.258 e. The van der Waals surface area contributed by atoms with E-state index in [9.17, 15) is 14.0 Å². The number of halogens is 1. The molecule has 0 spiro atoms. The van der Waals surface area contributed by atoms with Gasteiger partial charge in [0.25, 0.3) is 11.5 Å². The summed E-state index contributed by atoms with van der Waals surface area (Å²) >= 11 is 0. The third-order valence-electron chi connectivity index (χ3n) is 6.78. The van der Waals surface area contributed by atoms with Crippen molar-refractivity contribution in [3.05, 3.63) is 75.8 Å². The lowest BCUT2D eigenvalue weighted by Gasteiger charge is -2.23. The molecule has 9 heteroatoms. The maximum Gasteiger partial charge on any atom is 0.258 e. The molecule has 0 aliphatic carbocycles. The van der Waals surface area contributed by atoms with E-state index < -0.39 is 11.4 Å². The highest BCUT2D eigenvalue weighted by Crippen LogP contribution is 2.23. The lowest BCUT2D eigenvalue weighted by atomic mass is 10.1. The highest BCUT2D eigenvalue weighted by molar-refractivity contribution is 6.38. The number of benzene rings is 2. The van der Waals surface area contributed by atoms with Gasteiger partial charge in [-0.05, 0) is 80.9 Å². The summed E-state index contributed by atoms with van der Waals surface area (Å²) < 4.78 is 13.6. The zero-order valence-corrected chi connectivity index (χ0v) is 19.3. The van der Waals surface area contributed by atoms with Gasteiger partial charge in [-0.15, -0.1) is 0 Å². The summed E-state index contributed by atoms with van der Waals surface area (Å²) in [4.78, 5) is 36.9. The zero-order valence-electron chi connectivity index (χ0n) is 19.3. The SMILES string of the molecule is NN=C(C=Nc1ccc(C(=O)N2CCC(N3CCCC3)C2)cc1)c1cc2cc(F)ccc2[nH]c1=O. The van der Waals surface area contributed by atoms with E-state index in [0.29, 0.717) is 28.2 Å². The summed E-state index contributed by atoms with van der Waals surface area (Å²) in [6.45, 7) is 3.82. The standard InChI is InChI=1S/C26H27FN6O2/c27-19-5-8-23-18(13-19)14-22(25(34)30-23)24(31-28)15-29-20-6-3-17(4-7-20)26(35)33-12-9-21(16-33)32-10-1-2-11-32/h3-8,13-15,21H,1-2,9-12,16,28H2,(H,30,34). The molecule has 2 fully saturated rings. The van der Waals surface area contributed by atoms with Crippen molar-refractivity contribution in [3.63, 3.8) is 0 Å². The predicted molar refractivity (Wildman–Crippen MR) is 135 cm³/mol. The summed E-state index contributed by atoms with van der Waals surface area (Å²) in [7, 11) is 0. The van der Waals surface area contributed by atoms with Crippen LogP contribution in [0.2, 0.25) is 0 Å². The van der Waals surface area contributed by atoms with E-state index in [1.54, 1.807) is 24.3 Å². The number of hydrazone groups is 1. The number of hydrogen-bond donors (Lipinski definition) is 2. The number of aromatic nitrogens is 1. The van der Waals surface area contributed by atoms with E-state index in [1.165, 1.54) is 43.3 Å². The molecule has 35 heavy (non-hydrogen) atoms. The fourth-order valence-electron chi connectivity index (χ4n) is 4.88. The number of aliphatic imine (C=N–C) groups is 1. The lowest BCUT2D eigenvalue weighted by molar-refractivity contribution is 0.0780. The number of nitrogens with zero attached hydrogens (tertiary/aromatic N) is 4. The van der Waals surface area contributed by atoms with Gasteiger partial charge in [0.2, 0.25) is 0 Å². The van der Waals surface area contributed by atoms with Crippen LogP contribution in [0.5, 0.6) is 0 Å². The highest BCUT2D eigenvalue weighted by atomic mass is 19.1. The van der Waals surface area contributed by atoms with E-state index in [4.69, 9.17) is 5.84 Å². The number of rotatable bonds is 5. The molecule has 2 aromatic carbocycles. The van der Waals surface area contributed by atoms with Crippen molar-refractivity contribution in [2.75, 3.05) is 26.2 Å². The van der Waals surface area contributed by atoms with Gasteiger partial charge in [0.15, 0.2) is 0 Å². The minimum absolute atomic E-state index is 0.0290. The number of likely N-dealkylation sites (tertiary alicyclic amines) is 2. The van der Waals surface area contributed by atoms with Gasteiger partial charge in [-0.25, -0.2) is 4.39 Å². The molecule has 1 amide bonds. The Labute approximate surface area is 202 Å². The molecule has 2 saturated heterocycles. The van der Waals surface area contributed by atoms with E-state index in [1.807, 2.05) is 4.90 Å². The quantitative estimate of drug-likeness (QED) is 0.337. The largest absolute Gasteiger partial charge is 0.337 e. The maximum atomic E-state index is 13.6. The Morgan fingerprint density at radius 1 is 1.09 bits per heavy atom. The van der Waals surface area contributed by atoms with Crippen molar-refractivity contribution < 1.29 is 9.18 Å². The monoisotopic (exact) mass is 474 g/mol. The van der Waals surface area contributed by atoms with Crippen LogP contribution in [0.3, 0.4) is 0 Å². The topological polar surface area (TPSA) is 107 Å². The fourth-order valence-corrected chi connectivity index (χ4v) is 4.88. The van der Waals surface area contributed by atoms with Gasteiger partial charge in [-0.3, -0.25) is 19.5 Å². The van der Waals surface area contributed by atoms with E-state index in [2.05, 4.69) is 20.0 Å². The molecule has 3 heterocycles. The van der Waals surface area contributed by atoms with Crippen molar-refractivity contribution >= 4 is 34.4 Å². The van der Waals surface area contributed by atoms with Crippen LogP contribution in [-0.4, -0.2) is 64.8 Å². The van der Waals surface area contributed by atoms with E-state index >= 15 is 0 Å². The molecule has 1 aromatic heterocycles. The van der Waals surface area contributed by atoms with Gasteiger partial charge in [-0.2, -0.15) is 5.10 Å². The predicted octanol–water partition coefficient (Wildman–Crippen LogP) is 3.04. The first kappa shape index (κ1) is 22.9. The second-order valence-corrected chi connectivity index (χ2v) is 9.00. The Bertz CT molecular complexity index is 1360. The molecule has 0 bridgehead atoms. The molecular formula is C26H27FN6O2. The number of carbonyl (C=O) groups excluding carboxylic acids is 1. The number of carbonyl (C=O) groups is 1. The molecule has 5 rings (SSSR count). The normalized spacial score (nSPS) is 19.3. The molecule has 0 saturated carbocycles. The fraction of sp³-hybridized carbons (Fsp3) is 0.308. The summed E-state index contributed by atoms with van der Waals surface area (Å²) in [6.07, 6.45) is 4.90. The van der Waals surface area contributed by atoms with Gasteiger partial charge in [-0.1, -0.05) is 0 Å². The van der Waals surface area contributed by atoms with Crippen LogP contribution >= 0.6 is 0 Å². The van der Waals surface area contributed by atoms with Gasteiger partial charge in [0.05, 0.1) is 17.5 Å². The Kier molecular flexibility index (Phi) is 6.41. The summed E-state index contributed by atoms with van der Waals surface area (Å²) in [5.74, 6) is 5.14. The number of nitrogens with two attached hydrogens (primary N) is 1. The highest BCUT2D eigenvalue weighted by Gasteiger charge is 2.31. The number of nitrogens with one attached hydrogen (secondary N) is 1. The van der Waals surface area contributed by atoms with Crippen LogP contribution < -0.4 is 11.4 Å². The second-order valence-electron chi connectivity index (χ2n) is 9.00. The lowest BCUT2D eigenvalue weighted by Crippen LogP contribution is -2.37. The van der Waals surface area contributed by atoms with Crippen LogP contribution in [0.25, 0.3) is 10.9 Å². The molecule has 2 aliphatic rings. The first-order valence-corrected chi connectivity index (χ1v) is 11.8. The number of H-pyrrole nitrogens is 1. The van der Waals surface area contributed by atoms with Gasteiger partial charge in [0.1, 0.15) is 11.5 Å². The molecule has 0 radical (unpaired) electrons. The Morgan fingerprint density at radius 2 is 1.86 bits per heavy atom. The van der Waals surface area contributed by atoms with Crippen LogP contribution in [0, 0.1) is 5.82 Å². The second kappa shape index (κ2) is 9.79. The average Bonchev–Trinajstić information content (AvgIpc) is 3.57. The van der Waals surface area contributed by atoms with Crippen LogP contribution in [0.15, 0.2) is 63.4 Å². The average molecular weight is 475 g/mol. The third kappa shape index (κ3) is 4.85. The van der Waals surface area contributed by atoms with Crippen molar-refractivity contribution in [2.45, 2.75) is 25.3 Å². The summed E-state index contributed by atoms with van der Waals surface area (Å²) in [6, 6.07) is 13.1. The van der Waals surface area contributed by atoms with Crippen LogP contribution in [0.1, 0.15) is 35.2 Å². The van der Waals surface area contributed by atoms with Gasteiger partial charge >= 0.3 is 0 Å². The van der Waals surface area contributed by atoms with E-state index in [-0.39, 0.29) is 17.2 Å². The number of hydrogen-bond acceptors (Lipinski definition) is 6. The molecular weight excluding hydrogens is 447 g/mol. The maximum absolute atomic E-state index is 13.6. The molecule has 2 aliphatic heterocycles. The zero-order chi connectivity index (χ0) is 24.4. The van der Waals surface area contributed by atoms with Crippen molar-refractivity contribution in [1.29, 1.82) is 0 Å². The third-order valence-corrected chi connectivity index (χ3v) is 6.78. The summed E-state index contributed by atoms with van der Waals surface area (Å²) in [5.41, 5.74) is 1.65. The first-order chi connectivity index (χ1) is 17.0. The minimum atomic E-state index is -0.412. The minimum Gasteiger partial charge on any atom is -0.337 e. The van der Waals surface area contributed by atoms with Crippen LogP contribution in [0.4, 0.5) is 10.1 Å². The molecule has 3 N–H and O–H groups in total. The number of pyridine rings is 1. The van der Waals surface area contributed by atoms with Crippen molar-refractivity contribution in [3.8, 4) is 0 Å². The Hall–Kier alpha value is -3.85. The van der Waals surface area contributed by atoms with Crippen LogP contribution in [-0.2, 0) is 0 Å². The molecule has 3 aromatic rings. The molecule has 180 valence electrons. The van der Waals surface area contributed by atoms with Crippen molar-refractivity contribution in [1.82, 2.24) is 14.8 Å². The van der Waals surface area contributed by atoms with Gasteiger partial charge in [0, 0.05) is 35.6 Å². The van der Waals surface area contributed by atoms with Crippen molar-refractivity contribution in [2.24, 2.45) is 15.9 Å². The number of aromatic amines is 1. The van der Waals surface area contributed by atoms with Gasteiger partial charge < -0.3 is 15.7 Å². The molecule has 1 atom stereocenters.